The molecule has 2 saturated heterocycles. The molecule has 0 aromatic carbocycles. The molecule has 0 bridgehead atoms. The van der Waals surface area contributed by atoms with E-state index >= 15 is 0 Å². The van der Waals surface area contributed by atoms with Crippen LogP contribution in [0.4, 0.5) is 5.82 Å². The number of piperazine rings is 1. The zero-order valence-electron chi connectivity index (χ0n) is 16.3. The highest BCUT2D eigenvalue weighted by Gasteiger charge is 2.54. The smallest absolute Gasteiger partial charge is 0.227 e. The summed E-state index contributed by atoms with van der Waals surface area (Å²) in [7, 11) is 0. The molecular weight excluding hydrogens is 354 g/mol. The molecule has 150 valence electrons. The summed E-state index contributed by atoms with van der Waals surface area (Å²) in [6.45, 7) is 5.96. The van der Waals surface area contributed by atoms with Crippen molar-refractivity contribution in [3.63, 3.8) is 0 Å². The molecule has 4 heterocycles. The zero-order valence-corrected chi connectivity index (χ0v) is 16.3. The minimum atomic E-state index is -0.000934. The fraction of sp³-hybridized carbons (Fsp3) is 0.650. The number of nitrogens with zero attached hydrogens (tertiary/aromatic N) is 5. The van der Waals surface area contributed by atoms with Gasteiger partial charge in [0.2, 0.25) is 5.91 Å². The van der Waals surface area contributed by atoms with Gasteiger partial charge in [-0.2, -0.15) is 0 Å². The van der Waals surface area contributed by atoms with Gasteiger partial charge in [-0.25, -0.2) is 9.97 Å². The molecule has 1 atom stereocenters. The molecule has 8 heteroatoms. The predicted octanol–water partition coefficient (Wildman–Crippen LogP) is 0.810. The number of aromatic amines is 1. The molecule has 2 aromatic rings. The highest BCUT2D eigenvalue weighted by atomic mass is 16.2. The number of likely N-dealkylation sites (tertiary alicyclic amines) is 1. The Hall–Kier alpha value is -2.19. The maximum Gasteiger partial charge on any atom is 0.227 e. The van der Waals surface area contributed by atoms with Gasteiger partial charge in [-0.15, -0.1) is 0 Å². The number of hydrogen-bond acceptors (Lipinski definition) is 6. The summed E-state index contributed by atoms with van der Waals surface area (Å²) in [5, 5.41) is 1.06. The Morgan fingerprint density at radius 2 is 2.18 bits per heavy atom. The second-order valence-electron chi connectivity index (χ2n) is 8.50. The summed E-state index contributed by atoms with van der Waals surface area (Å²) in [6, 6.07) is 2.04. The maximum absolute atomic E-state index is 13.4. The number of nitrogens with two attached hydrogens (primary N) is 1. The second kappa shape index (κ2) is 7.00. The molecule has 1 unspecified atom stereocenters. The lowest BCUT2D eigenvalue weighted by Crippen LogP contribution is -2.59. The predicted molar refractivity (Wildman–Crippen MR) is 108 cm³/mol. The van der Waals surface area contributed by atoms with E-state index < -0.39 is 0 Å². The zero-order chi connectivity index (χ0) is 19.1. The number of carbonyl (C=O) groups excluding carboxylic acids is 1. The third kappa shape index (κ3) is 3.04. The normalized spacial score (nSPS) is 24.8. The van der Waals surface area contributed by atoms with E-state index in [4.69, 9.17) is 5.73 Å². The van der Waals surface area contributed by atoms with Crippen LogP contribution in [0, 0.1) is 5.92 Å². The molecule has 3 aliphatic rings. The molecule has 1 aliphatic carbocycles. The standard InChI is InChI=1S/C20H29N7O/c21-6-9-25-8-1-2-15(12-25)19(28)27-11-10-26(13-20(27)4-5-20)18-16-3-7-22-17(16)23-14-24-18/h3,7,14-15H,1-2,4-6,8-13,21H2,(H,22,23,24). The Morgan fingerprint density at radius 3 is 3.00 bits per heavy atom. The summed E-state index contributed by atoms with van der Waals surface area (Å²) in [5.74, 6) is 1.46. The molecule has 1 amide bonds. The van der Waals surface area contributed by atoms with E-state index in [0.29, 0.717) is 12.5 Å². The maximum atomic E-state index is 13.4. The van der Waals surface area contributed by atoms with E-state index in [-0.39, 0.29) is 11.5 Å². The minimum absolute atomic E-state index is 0.000934. The van der Waals surface area contributed by atoms with E-state index in [1.807, 2.05) is 12.3 Å². The van der Waals surface area contributed by atoms with Crippen molar-refractivity contribution in [3.8, 4) is 0 Å². The first-order valence-corrected chi connectivity index (χ1v) is 10.5. The molecule has 2 aliphatic heterocycles. The van der Waals surface area contributed by atoms with E-state index in [2.05, 4.69) is 29.7 Å². The second-order valence-corrected chi connectivity index (χ2v) is 8.50. The van der Waals surface area contributed by atoms with Gasteiger partial charge < -0.3 is 25.4 Å². The third-order valence-electron chi connectivity index (χ3n) is 6.68. The molecule has 5 rings (SSSR count). The number of anilines is 1. The first-order valence-electron chi connectivity index (χ1n) is 10.5. The van der Waals surface area contributed by atoms with E-state index in [1.54, 1.807) is 6.33 Å². The topological polar surface area (TPSA) is 94.4 Å². The van der Waals surface area contributed by atoms with Crippen molar-refractivity contribution in [2.45, 2.75) is 31.2 Å². The van der Waals surface area contributed by atoms with Crippen molar-refractivity contribution < 1.29 is 4.79 Å². The number of aromatic nitrogens is 3. The SMILES string of the molecule is NCCN1CCCC(C(=O)N2CCN(c3ncnc4[nH]ccc34)CC23CC3)C1. The van der Waals surface area contributed by atoms with Gasteiger partial charge in [0, 0.05) is 45.5 Å². The van der Waals surface area contributed by atoms with Crippen LogP contribution in [-0.2, 0) is 4.79 Å². The fourth-order valence-corrected chi connectivity index (χ4v) is 5.05. The van der Waals surface area contributed by atoms with E-state index in [1.165, 1.54) is 0 Å². The summed E-state index contributed by atoms with van der Waals surface area (Å²) in [5.41, 5.74) is 6.59. The lowest BCUT2D eigenvalue weighted by atomic mass is 9.94. The van der Waals surface area contributed by atoms with Crippen molar-refractivity contribution >= 4 is 22.8 Å². The number of hydrogen-bond donors (Lipinski definition) is 2. The number of fused-ring (bicyclic) bond motifs is 1. The van der Waals surface area contributed by atoms with Crippen LogP contribution >= 0.6 is 0 Å². The Morgan fingerprint density at radius 1 is 1.29 bits per heavy atom. The number of H-pyrrole nitrogens is 1. The molecule has 3 fully saturated rings. The van der Waals surface area contributed by atoms with Crippen molar-refractivity contribution in [1.82, 2.24) is 24.8 Å². The largest absolute Gasteiger partial charge is 0.352 e. The minimum Gasteiger partial charge on any atom is -0.352 e. The van der Waals surface area contributed by atoms with E-state index in [9.17, 15) is 4.79 Å². The van der Waals surface area contributed by atoms with Crippen molar-refractivity contribution in [2.75, 3.05) is 50.7 Å². The number of carbonyl (C=O) groups is 1. The van der Waals surface area contributed by atoms with Crippen LogP contribution in [0.5, 0.6) is 0 Å². The average molecular weight is 384 g/mol. The first kappa shape index (κ1) is 17.9. The van der Waals surface area contributed by atoms with E-state index in [0.717, 1.165) is 81.8 Å². The lowest BCUT2D eigenvalue weighted by molar-refractivity contribution is -0.141. The van der Waals surface area contributed by atoms with Crippen molar-refractivity contribution in [2.24, 2.45) is 11.7 Å². The number of amides is 1. The quantitative estimate of drug-likeness (QED) is 0.811. The van der Waals surface area contributed by atoms with Crippen molar-refractivity contribution in [1.29, 1.82) is 0 Å². The first-order chi connectivity index (χ1) is 13.7. The van der Waals surface area contributed by atoms with Crippen molar-refractivity contribution in [3.05, 3.63) is 18.6 Å². The number of nitrogens with one attached hydrogen (secondary N) is 1. The van der Waals surface area contributed by atoms with Gasteiger partial charge in [0.15, 0.2) is 0 Å². The van der Waals surface area contributed by atoms with Gasteiger partial charge >= 0.3 is 0 Å². The van der Waals surface area contributed by atoms with Crippen LogP contribution in [0.1, 0.15) is 25.7 Å². The Labute approximate surface area is 165 Å². The van der Waals surface area contributed by atoms with Crippen LogP contribution in [0.3, 0.4) is 0 Å². The molecule has 0 radical (unpaired) electrons. The number of piperidine rings is 1. The van der Waals surface area contributed by atoms with Gasteiger partial charge in [-0.3, -0.25) is 4.79 Å². The Bertz CT molecular complexity index is 859. The van der Waals surface area contributed by atoms with Gasteiger partial charge in [-0.1, -0.05) is 0 Å². The van der Waals surface area contributed by atoms with Crippen LogP contribution in [-0.4, -0.2) is 82.0 Å². The Kier molecular flexibility index (Phi) is 4.47. The summed E-state index contributed by atoms with van der Waals surface area (Å²) in [6.07, 6.45) is 7.82. The molecular formula is C20H29N7O. The van der Waals surface area contributed by atoms with Gasteiger partial charge in [-0.05, 0) is 38.3 Å². The van der Waals surface area contributed by atoms with Crippen LogP contribution in [0.25, 0.3) is 11.0 Å². The van der Waals surface area contributed by atoms with Crippen LogP contribution < -0.4 is 10.6 Å². The highest BCUT2D eigenvalue weighted by Crippen LogP contribution is 2.46. The Balaban J connectivity index is 1.32. The summed E-state index contributed by atoms with van der Waals surface area (Å²) in [4.78, 5) is 32.3. The molecule has 1 saturated carbocycles. The van der Waals surface area contributed by atoms with Crippen LogP contribution in [0.2, 0.25) is 0 Å². The molecule has 2 aromatic heterocycles. The molecule has 3 N–H and O–H groups in total. The number of rotatable bonds is 4. The molecule has 8 nitrogen and oxygen atoms in total. The molecule has 1 spiro atoms. The molecule has 28 heavy (non-hydrogen) atoms. The summed E-state index contributed by atoms with van der Waals surface area (Å²) >= 11 is 0. The third-order valence-corrected chi connectivity index (χ3v) is 6.68. The van der Waals surface area contributed by atoms with Gasteiger partial charge in [0.25, 0.3) is 0 Å². The lowest BCUT2D eigenvalue weighted by Gasteiger charge is -2.45. The summed E-state index contributed by atoms with van der Waals surface area (Å²) < 4.78 is 0. The van der Waals surface area contributed by atoms with Crippen LogP contribution in [0.15, 0.2) is 18.6 Å². The monoisotopic (exact) mass is 383 g/mol. The highest BCUT2D eigenvalue weighted by molar-refractivity contribution is 5.88. The van der Waals surface area contributed by atoms with Gasteiger partial charge in [0.05, 0.1) is 16.8 Å². The van der Waals surface area contributed by atoms with Gasteiger partial charge in [0.1, 0.15) is 17.8 Å². The fourth-order valence-electron chi connectivity index (χ4n) is 5.05. The average Bonchev–Trinajstić information content (AvgIpc) is 3.30.